The van der Waals surface area contributed by atoms with Gasteiger partial charge in [-0.25, -0.2) is 4.98 Å². The maximum atomic E-state index is 9.05. The van der Waals surface area contributed by atoms with E-state index in [9.17, 15) is 0 Å². The van der Waals surface area contributed by atoms with Crippen molar-refractivity contribution in [3.8, 4) is 5.75 Å². The number of aromatic nitrogens is 2. The monoisotopic (exact) mass is 262 g/mol. The Balaban J connectivity index is 2.29. The molecule has 5 nitrogen and oxygen atoms in total. The van der Waals surface area contributed by atoms with Crippen LogP contribution in [0.4, 0.5) is 0 Å². The molecule has 1 unspecified atom stereocenters. The van der Waals surface area contributed by atoms with Crippen molar-refractivity contribution in [1.29, 1.82) is 0 Å². The second-order valence-electron chi connectivity index (χ2n) is 4.09. The summed E-state index contributed by atoms with van der Waals surface area (Å²) >= 11 is 0. The van der Waals surface area contributed by atoms with E-state index < -0.39 is 0 Å². The Hall–Kier alpha value is -1.85. The first-order valence-electron chi connectivity index (χ1n) is 6.08. The molecule has 1 heterocycles. The number of methoxy groups -OCH3 is 2. The second-order valence-corrected chi connectivity index (χ2v) is 4.09. The third-order valence-corrected chi connectivity index (χ3v) is 2.98. The highest BCUT2D eigenvalue weighted by atomic mass is 16.5. The molecule has 0 amide bonds. The van der Waals surface area contributed by atoms with E-state index in [4.69, 9.17) is 14.6 Å². The molecule has 0 bridgehead atoms. The number of aliphatic hydroxyl groups is 1. The van der Waals surface area contributed by atoms with Crippen molar-refractivity contribution in [1.82, 2.24) is 9.55 Å². The van der Waals surface area contributed by atoms with Crippen LogP contribution in [0.25, 0.3) is 0 Å². The lowest BCUT2D eigenvalue weighted by Crippen LogP contribution is -2.13. The van der Waals surface area contributed by atoms with Crippen LogP contribution in [-0.4, -0.2) is 35.5 Å². The zero-order chi connectivity index (χ0) is 13.7. The second kappa shape index (κ2) is 6.36. The van der Waals surface area contributed by atoms with Crippen LogP contribution in [0.2, 0.25) is 0 Å². The number of rotatable bonds is 6. The van der Waals surface area contributed by atoms with E-state index in [2.05, 4.69) is 4.98 Å². The van der Waals surface area contributed by atoms with Crippen LogP contribution >= 0.6 is 0 Å². The van der Waals surface area contributed by atoms with Gasteiger partial charge in [0.2, 0.25) is 0 Å². The maximum Gasteiger partial charge on any atom is 0.142 e. The molecule has 2 rings (SSSR count). The van der Waals surface area contributed by atoms with Crippen LogP contribution in [0, 0.1) is 0 Å². The number of aliphatic hydroxyl groups excluding tert-OH is 1. The van der Waals surface area contributed by atoms with Crippen LogP contribution in [0.1, 0.15) is 17.5 Å². The molecule has 0 saturated carbocycles. The molecule has 1 atom stereocenters. The Morgan fingerprint density at radius 3 is 2.58 bits per heavy atom. The molecular formula is C14H18N2O3. The first-order valence-corrected chi connectivity index (χ1v) is 6.08. The number of hydrogen-bond acceptors (Lipinski definition) is 4. The molecule has 102 valence electrons. The summed E-state index contributed by atoms with van der Waals surface area (Å²) in [7, 11) is 3.28. The van der Waals surface area contributed by atoms with E-state index in [1.165, 1.54) is 0 Å². The van der Waals surface area contributed by atoms with E-state index in [1.807, 2.05) is 35.0 Å². The third kappa shape index (κ3) is 2.94. The van der Waals surface area contributed by atoms with Gasteiger partial charge >= 0.3 is 0 Å². The average Bonchev–Trinajstić information content (AvgIpc) is 2.89. The zero-order valence-corrected chi connectivity index (χ0v) is 11.1. The lowest BCUT2D eigenvalue weighted by atomic mass is 10.1. The summed E-state index contributed by atoms with van der Waals surface area (Å²) in [6, 6.07) is 7.68. The summed E-state index contributed by atoms with van der Waals surface area (Å²) < 4.78 is 12.6. The smallest absolute Gasteiger partial charge is 0.142 e. The van der Waals surface area contributed by atoms with Gasteiger partial charge < -0.3 is 19.1 Å². The normalized spacial score (nSPS) is 12.4. The minimum absolute atomic E-state index is 0.0718. The fourth-order valence-electron chi connectivity index (χ4n) is 2.03. The Labute approximate surface area is 112 Å². The van der Waals surface area contributed by atoms with Gasteiger partial charge in [-0.2, -0.15) is 0 Å². The van der Waals surface area contributed by atoms with Crippen LogP contribution in [0.3, 0.4) is 0 Å². The SMILES string of the molecule is COc1ccc(C(OC)c2nccn2CCO)cc1. The molecule has 1 aromatic carbocycles. The molecule has 0 spiro atoms. The van der Waals surface area contributed by atoms with Crippen molar-refractivity contribution in [3.63, 3.8) is 0 Å². The fraction of sp³-hybridized carbons (Fsp3) is 0.357. The number of ether oxygens (including phenoxy) is 2. The highest BCUT2D eigenvalue weighted by Crippen LogP contribution is 2.25. The zero-order valence-electron chi connectivity index (χ0n) is 11.1. The van der Waals surface area contributed by atoms with E-state index in [0.717, 1.165) is 17.1 Å². The van der Waals surface area contributed by atoms with Crippen LogP contribution in [-0.2, 0) is 11.3 Å². The lowest BCUT2D eigenvalue weighted by Gasteiger charge is -2.17. The molecule has 1 N–H and O–H groups in total. The Kier molecular flexibility index (Phi) is 4.54. The summed E-state index contributed by atoms with van der Waals surface area (Å²) in [4.78, 5) is 4.32. The van der Waals surface area contributed by atoms with Crippen LogP contribution in [0.5, 0.6) is 5.75 Å². The van der Waals surface area contributed by atoms with Crippen molar-refractivity contribution < 1.29 is 14.6 Å². The lowest BCUT2D eigenvalue weighted by molar-refractivity contribution is 0.124. The standard InChI is InChI=1S/C14H18N2O3/c1-18-12-5-3-11(4-6-12)13(19-2)14-15-7-8-16(14)9-10-17/h3-8,13,17H,9-10H2,1-2H3. The van der Waals surface area contributed by atoms with Gasteiger partial charge in [0.1, 0.15) is 17.7 Å². The largest absolute Gasteiger partial charge is 0.497 e. The van der Waals surface area contributed by atoms with Crippen molar-refractivity contribution in [2.45, 2.75) is 12.6 Å². The van der Waals surface area contributed by atoms with Gasteiger partial charge in [-0.05, 0) is 17.7 Å². The van der Waals surface area contributed by atoms with Gasteiger partial charge in [-0.15, -0.1) is 0 Å². The quantitative estimate of drug-likeness (QED) is 0.859. The van der Waals surface area contributed by atoms with E-state index in [0.29, 0.717) is 6.54 Å². The van der Waals surface area contributed by atoms with Crippen LogP contribution in [0.15, 0.2) is 36.7 Å². The summed E-state index contributed by atoms with van der Waals surface area (Å²) in [5.41, 5.74) is 0.994. The molecule has 0 fully saturated rings. The number of benzene rings is 1. The van der Waals surface area contributed by atoms with E-state index >= 15 is 0 Å². The van der Waals surface area contributed by atoms with Crippen molar-refractivity contribution >= 4 is 0 Å². The highest BCUT2D eigenvalue weighted by molar-refractivity contribution is 5.31. The molecule has 0 aliphatic rings. The Morgan fingerprint density at radius 1 is 1.26 bits per heavy atom. The van der Waals surface area contributed by atoms with Crippen molar-refractivity contribution in [3.05, 3.63) is 48.0 Å². The van der Waals surface area contributed by atoms with Gasteiger partial charge in [0.05, 0.1) is 13.7 Å². The highest BCUT2D eigenvalue weighted by Gasteiger charge is 2.18. The summed E-state index contributed by atoms with van der Waals surface area (Å²) in [5.74, 6) is 1.58. The minimum Gasteiger partial charge on any atom is -0.497 e. The van der Waals surface area contributed by atoms with Gasteiger partial charge in [0.15, 0.2) is 0 Å². The molecular weight excluding hydrogens is 244 g/mol. The number of hydrogen-bond donors (Lipinski definition) is 1. The fourth-order valence-corrected chi connectivity index (χ4v) is 2.03. The number of imidazole rings is 1. The first kappa shape index (κ1) is 13.6. The van der Waals surface area contributed by atoms with Gasteiger partial charge in [0, 0.05) is 26.0 Å². The summed E-state index contributed by atoms with van der Waals surface area (Å²) in [5, 5.41) is 9.05. The number of nitrogens with zero attached hydrogens (tertiary/aromatic N) is 2. The van der Waals surface area contributed by atoms with Gasteiger partial charge in [0.25, 0.3) is 0 Å². The van der Waals surface area contributed by atoms with Gasteiger partial charge in [-0.3, -0.25) is 0 Å². The topological polar surface area (TPSA) is 56.5 Å². The summed E-state index contributed by atoms with van der Waals surface area (Å²) in [6.07, 6.45) is 3.29. The molecule has 0 radical (unpaired) electrons. The molecule has 5 heteroatoms. The minimum atomic E-state index is -0.257. The van der Waals surface area contributed by atoms with Crippen molar-refractivity contribution in [2.75, 3.05) is 20.8 Å². The van der Waals surface area contributed by atoms with E-state index in [1.54, 1.807) is 20.4 Å². The third-order valence-electron chi connectivity index (χ3n) is 2.98. The van der Waals surface area contributed by atoms with Crippen LogP contribution < -0.4 is 4.74 Å². The first-order chi connectivity index (χ1) is 9.30. The molecule has 1 aromatic heterocycles. The predicted octanol–water partition coefficient (Wildman–Crippen LogP) is 1.62. The molecule has 0 aliphatic heterocycles. The Morgan fingerprint density at radius 2 is 2.00 bits per heavy atom. The van der Waals surface area contributed by atoms with Gasteiger partial charge in [-0.1, -0.05) is 12.1 Å². The van der Waals surface area contributed by atoms with E-state index in [-0.39, 0.29) is 12.7 Å². The average molecular weight is 262 g/mol. The molecule has 0 saturated heterocycles. The maximum absolute atomic E-state index is 9.05. The molecule has 19 heavy (non-hydrogen) atoms. The predicted molar refractivity (Wildman–Crippen MR) is 71.2 cm³/mol. The molecule has 0 aliphatic carbocycles. The Bertz CT molecular complexity index is 508. The van der Waals surface area contributed by atoms with Crippen molar-refractivity contribution in [2.24, 2.45) is 0 Å². The summed E-state index contributed by atoms with van der Waals surface area (Å²) in [6.45, 7) is 0.577. The molecule has 2 aromatic rings.